The molecule has 0 bridgehead atoms. The highest BCUT2D eigenvalue weighted by molar-refractivity contribution is 5.94. The summed E-state index contributed by atoms with van der Waals surface area (Å²) in [6, 6.07) is 20.9. The van der Waals surface area contributed by atoms with Crippen molar-refractivity contribution in [3.8, 4) is 0 Å². The van der Waals surface area contributed by atoms with Crippen LogP contribution in [0.5, 0.6) is 0 Å². The number of aromatic nitrogens is 1. The first kappa shape index (κ1) is 19.3. The zero-order valence-electron chi connectivity index (χ0n) is 15.8. The summed E-state index contributed by atoms with van der Waals surface area (Å²) in [5.74, 6) is -0.162. The van der Waals surface area contributed by atoms with Crippen LogP contribution in [0.15, 0.2) is 72.9 Å². The Kier molecular flexibility index (Phi) is 6.52. The van der Waals surface area contributed by atoms with Crippen LogP contribution in [0, 0.1) is 0 Å². The molecular weight excluding hydrogens is 350 g/mol. The zero-order chi connectivity index (χ0) is 19.8. The van der Waals surface area contributed by atoms with Gasteiger partial charge in [-0.05, 0) is 61.7 Å². The molecule has 3 aromatic rings. The lowest BCUT2D eigenvalue weighted by Crippen LogP contribution is -2.25. The number of Topliss-reactive ketones (excluding diaryl/α,β-unsaturated/α-hetero) is 1. The minimum absolute atomic E-state index is 0.0293. The van der Waals surface area contributed by atoms with Gasteiger partial charge in [-0.1, -0.05) is 30.3 Å². The summed E-state index contributed by atoms with van der Waals surface area (Å²) >= 11 is 0. The number of nitrogens with one attached hydrogen (secondary N) is 2. The normalized spacial score (nSPS) is 10.3. The molecule has 0 aliphatic carbocycles. The maximum absolute atomic E-state index is 12.3. The van der Waals surface area contributed by atoms with Crippen LogP contribution in [0.1, 0.15) is 39.8 Å². The number of benzene rings is 2. The van der Waals surface area contributed by atoms with Crippen LogP contribution in [0.25, 0.3) is 0 Å². The van der Waals surface area contributed by atoms with Crippen LogP contribution in [0.4, 0.5) is 11.4 Å². The molecule has 1 aromatic heterocycles. The number of hydrogen-bond donors (Lipinski definition) is 2. The van der Waals surface area contributed by atoms with E-state index in [0.717, 1.165) is 24.2 Å². The molecule has 0 radical (unpaired) electrons. The summed E-state index contributed by atoms with van der Waals surface area (Å²) in [6.45, 7) is 2.13. The fraction of sp³-hybridized carbons (Fsp3) is 0.174. The van der Waals surface area contributed by atoms with Gasteiger partial charge in [-0.3, -0.25) is 14.6 Å². The van der Waals surface area contributed by atoms with Crippen molar-refractivity contribution >= 4 is 23.1 Å². The van der Waals surface area contributed by atoms with Gasteiger partial charge in [0.2, 0.25) is 0 Å². The molecule has 0 atom stereocenters. The number of nitrogens with zero attached hydrogens (tertiary/aromatic N) is 1. The molecule has 2 N–H and O–H groups in total. The summed E-state index contributed by atoms with van der Waals surface area (Å²) in [5, 5.41) is 6.14. The van der Waals surface area contributed by atoms with Crippen LogP contribution < -0.4 is 10.6 Å². The van der Waals surface area contributed by atoms with Crippen molar-refractivity contribution in [2.24, 2.45) is 0 Å². The van der Waals surface area contributed by atoms with Gasteiger partial charge < -0.3 is 10.6 Å². The summed E-state index contributed by atoms with van der Waals surface area (Å²) in [6.07, 6.45) is 3.40. The molecule has 0 aliphatic rings. The molecule has 0 spiro atoms. The topological polar surface area (TPSA) is 71.1 Å². The van der Waals surface area contributed by atoms with E-state index in [4.69, 9.17) is 0 Å². The average Bonchev–Trinajstić information content (AvgIpc) is 2.72. The third kappa shape index (κ3) is 5.51. The molecule has 0 saturated carbocycles. The molecule has 0 unspecified atom stereocenters. The molecule has 2 aromatic carbocycles. The number of rotatable bonds is 8. The molecule has 5 nitrogen and oxygen atoms in total. The number of aryl methyl sites for hydroxylation is 1. The second-order valence-electron chi connectivity index (χ2n) is 6.53. The quantitative estimate of drug-likeness (QED) is 0.454. The van der Waals surface area contributed by atoms with E-state index in [1.54, 1.807) is 30.5 Å². The fourth-order valence-corrected chi connectivity index (χ4v) is 2.82. The van der Waals surface area contributed by atoms with Crippen LogP contribution in [0.3, 0.4) is 0 Å². The Hall–Kier alpha value is -3.47. The van der Waals surface area contributed by atoms with Crippen molar-refractivity contribution in [1.82, 2.24) is 10.3 Å². The number of carbonyl (C=O) groups excluding carboxylic acids is 2. The molecule has 5 heteroatoms. The van der Waals surface area contributed by atoms with Crippen LogP contribution in [0.2, 0.25) is 0 Å². The summed E-state index contributed by atoms with van der Waals surface area (Å²) in [5.41, 5.74) is 3.89. The van der Waals surface area contributed by atoms with Crippen molar-refractivity contribution in [3.05, 3.63) is 89.7 Å². The Bertz CT molecular complexity index is 938. The monoisotopic (exact) mass is 373 g/mol. The molecule has 0 fully saturated rings. The summed E-state index contributed by atoms with van der Waals surface area (Å²) < 4.78 is 0. The first-order chi connectivity index (χ1) is 13.6. The van der Waals surface area contributed by atoms with Crippen molar-refractivity contribution in [3.63, 3.8) is 0 Å². The van der Waals surface area contributed by atoms with E-state index in [9.17, 15) is 9.59 Å². The smallest absolute Gasteiger partial charge is 0.269 e. The molecule has 3 rings (SSSR count). The van der Waals surface area contributed by atoms with Crippen LogP contribution in [-0.4, -0.2) is 23.2 Å². The van der Waals surface area contributed by atoms with Gasteiger partial charge in [-0.2, -0.15) is 0 Å². The van der Waals surface area contributed by atoms with E-state index in [-0.39, 0.29) is 11.7 Å². The van der Waals surface area contributed by atoms with Gasteiger partial charge in [0, 0.05) is 29.7 Å². The third-order valence-corrected chi connectivity index (χ3v) is 4.34. The predicted molar refractivity (Wildman–Crippen MR) is 111 cm³/mol. The minimum atomic E-state index is -0.191. The van der Waals surface area contributed by atoms with Crippen molar-refractivity contribution in [1.29, 1.82) is 0 Å². The van der Waals surface area contributed by atoms with Gasteiger partial charge in [-0.15, -0.1) is 0 Å². The second kappa shape index (κ2) is 9.46. The van der Waals surface area contributed by atoms with Crippen LogP contribution in [-0.2, 0) is 6.42 Å². The fourth-order valence-electron chi connectivity index (χ4n) is 2.82. The van der Waals surface area contributed by atoms with E-state index < -0.39 is 0 Å². The number of pyridine rings is 1. The number of anilines is 2. The van der Waals surface area contributed by atoms with Crippen molar-refractivity contribution in [2.75, 3.05) is 11.9 Å². The first-order valence-electron chi connectivity index (χ1n) is 9.28. The Labute approximate surface area is 164 Å². The van der Waals surface area contributed by atoms with E-state index in [2.05, 4.69) is 27.8 Å². The van der Waals surface area contributed by atoms with Gasteiger partial charge in [0.15, 0.2) is 5.78 Å². The molecule has 0 aliphatic heterocycles. The lowest BCUT2D eigenvalue weighted by atomic mass is 10.1. The highest BCUT2D eigenvalue weighted by Gasteiger charge is 2.08. The summed E-state index contributed by atoms with van der Waals surface area (Å²) in [7, 11) is 0. The van der Waals surface area contributed by atoms with E-state index in [0.29, 0.717) is 17.8 Å². The molecular formula is C23H23N3O2. The second-order valence-corrected chi connectivity index (χ2v) is 6.53. The zero-order valence-corrected chi connectivity index (χ0v) is 15.8. The van der Waals surface area contributed by atoms with E-state index in [1.165, 1.54) is 12.5 Å². The minimum Gasteiger partial charge on any atom is -0.355 e. The van der Waals surface area contributed by atoms with Gasteiger partial charge in [0.05, 0.1) is 0 Å². The SMILES string of the molecule is CC(=O)c1ccc(Nc2ccnc(C(=O)NCCCc3ccccc3)c2)cc1. The number of carbonyl (C=O) groups is 2. The maximum atomic E-state index is 12.3. The lowest BCUT2D eigenvalue weighted by Gasteiger charge is -2.09. The largest absolute Gasteiger partial charge is 0.355 e. The molecule has 142 valence electrons. The molecule has 1 heterocycles. The highest BCUT2D eigenvalue weighted by Crippen LogP contribution is 2.17. The Morgan fingerprint density at radius 3 is 2.39 bits per heavy atom. The number of hydrogen-bond acceptors (Lipinski definition) is 4. The Morgan fingerprint density at radius 1 is 0.929 bits per heavy atom. The average molecular weight is 373 g/mol. The lowest BCUT2D eigenvalue weighted by molar-refractivity contribution is 0.0947. The Balaban J connectivity index is 1.53. The first-order valence-corrected chi connectivity index (χ1v) is 9.28. The molecule has 1 amide bonds. The van der Waals surface area contributed by atoms with Gasteiger partial charge in [0.25, 0.3) is 5.91 Å². The van der Waals surface area contributed by atoms with Gasteiger partial charge >= 0.3 is 0 Å². The molecule has 28 heavy (non-hydrogen) atoms. The maximum Gasteiger partial charge on any atom is 0.269 e. The van der Waals surface area contributed by atoms with E-state index >= 15 is 0 Å². The van der Waals surface area contributed by atoms with Gasteiger partial charge in [-0.25, -0.2) is 0 Å². The van der Waals surface area contributed by atoms with E-state index in [1.807, 2.05) is 30.3 Å². The highest BCUT2D eigenvalue weighted by atomic mass is 16.1. The summed E-state index contributed by atoms with van der Waals surface area (Å²) in [4.78, 5) is 27.9. The van der Waals surface area contributed by atoms with Gasteiger partial charge in [0.1, 0.15) is 5.69 Å². The number of amides is 1. The predicted octanol–water partition coefficient (Wildman–Crippen LogP) is 4.39. The Morgan fingerprint density at radius 2 is 1.68 bits per heavy atom. The van der Waals surface area contributed by atoms with Crippen molar-refractivity contribution in [2.45, 2.75) is 19.8 Å². The van der Waals surface area contributed by atoms with Crippen molar-refractivity contribution < 1.29 is 9.59 Å². The number of ketones is 1. The standard InChI is InChI=1S/C23H23N3O2/c1-17(27)19-9-11-20(12-10-19)26-21-13-15-24-22(16-21)23(28)25-14-5-8-18-6-3-2-4-7-18/h2-4,6-7,9-13,15-16H,5,8,14H2,1H3,(H,24,26)(H,25,28). The molecule has 0 saturated heterocycles. The third-order valence-electron chi connectivity index (χ3n) is 4.34. The van der Waals surface area contributed by atoms with Crippen LogP contribution >= 0.6 is 0 Å².